The molecule has 0 heterocycles. The first-order chi connectivity index (χ1) is 9.04. The van der Waals surface area contributed by atoms with Crippen LogP contribution in [0.5, 0.6) is 0 Å². The molecule has 0 amide bonds. The summed E-state index contributed by atoms with van der Waals surface area (Å²) in [7, 11) is 3.94. The van der Waals surface area contributed by atoms with Crippen LogP contribution >= 0.6 is 0 Å². The minimum Gasteiger partial charge on any atom is -0.319 e. The van der Waals surface area contributed by atoms with Gasteiger partial charge in [-0.2, -0.15) is 0 Å². The second-order valence-electron chi connectivity index (χ2n) is 5.79. The highest BCUT2D eigenvalue weighted by atomic mass is 19.1. The third-order valence-corrected chi connectivity index (χ3v) is 4.02. The van der Waals surface area contributed by atoms with Crippen molar-refractivity contribution in [2.24, 2.45) is 5.41 Å². The summed E-state index contributed by atoms with van der Waals surface area (Å²) in [5.41, 5.74) is 0.745. The van der Waals surface area contributed by atoms with Crippen LogP contribution in [0.15, 0.2) is 18.2 Å². The fraction of sp³-hybridized carbons (Fsp3) is 0.600. The Bertz CT molecular complexity index is 430. The quantitative estimate of drug-likeness (QED) is 0.853. The predicted molar refractivity (Wildman–Crippen MR) is 72.9 cm³/mol. The lowest BCUT2D eigenvalue weighted by atomic mass is 9.68. The summed E-state index contributed by atoms with van der Waals surface area (Å²) in [6.45, 7) is 2.36. The van der Waals surface area contributed by atoms with Crippen LogP contribution in [0.25, 0.3) is 0 Å². The Kier molecular flexibility index (Phi) is 4.53. The molecule has 2 rings (SSSR count). The lowest BCUT2D eigenvalue weighted by Crippen LogP contribution is -2.46. The van der Waals surface area contributed by atoms with Crippen LogP contribution in [0.1, 0.15) is 24.8 Å². The van der Waals surface area contributed by atoms with Crippen molar-refractivity contribution >= 4 is 0 Å². The second-order valence-corrected chi connectivity index (χ2v) is 5.79. The molecule has 0 atom stereocenters. The maximum absolute atomic E-state index is 13.6. The average Bonchev–Trinajstić information content (AvgIpc) is 2.31. The van der Waals surface area contributed by atoms with Crippen LogP contribution in [0.4, 0.5) is 8.78 Å². The largest absolute Gasteiger partial charge is 0.319 e. The molecule has 4 heteroatoms. The summed E-state index contributed by atoms with van der Waals surface area (Å²) in [5, 5.41) is 3.24. The van der Waals surface area contributed by atoms with Crippen molar-refractivity contribution < 1.29 is 8.78 Å². The van der Waals surface area contributed by atoms with Crippen molar-refractivity contribution in [3.8, 4) is 0 Å². The van der Waals surface area contributed by atoms with Gasteiger partial charge in [-0.15, -0.1) is 0 Å². The standard InChI is InChI=1S/C15H22F2N2/c1-18-10-15(6-3-7-15)11-19(2)9-12-8-13(16)4-5-14(12)17/h4-5,8,18H,3,6-7,9-11H2,1-2H3. The Labute approximate surface area is 113 Å². The molecule has 0 spiro atoms. The highest BCUT2D eigenvalue weighted by molar-refractivity contribution is 5.18. The second kappa shape index (κ2) is 5.97. The van der Waals surface area contributed by atoms with E-state index in [4.69, 9.17) is 0 Å². The summed E-state index contributed by atoms with van der Waals surface area (Å²) in [6.07, 6.45) is 3.69. The Morgan fingerprint density at radius 2 is 2.05 bits per heavy atom. The van der Waals surface area contributed by atoms with Crippen molar-refractivity contribution in [1.82, 2.24) is 10.2 Å². The Morgan fingerprint density at radius 1 is 1.32 bits per heavy atom. The molecule has 0 aromatic heterocycles. The Balaban J connectivity index is 1.97. The summed E-state index contributed by atoms with van der Waals surface area (Å²) in [4.78, 5) is 2.09. The molecule has 1 aromatic rings. The first-order valence-corrected chi connectivity index (χ1v) is 6.82. The molecule has 0 saturated heterocycles. The molecular formula is C15H22F2N2. The minimum atomic E-state index is -0.376. The van der Waals surface area contributed by atoms with Gasteiger partial charge in [-0.3, -0.25) is 0 Å². The zero-order valence-corrected chi connectivity index (χ0v) is 11.7. The maximum atomic E-state index is 13.6. The van der Waals surface area contributed by atoms with Crippen molar-refractivity contribution in [2.75, 3.05) is 27.2 Å². The van der Waals surface area contributed by atoms with E-state index < -0.39 is 0 Å². The first kappa shape index (κ1) is 14.4. The molecule has 0 bridgehead atoms. The molecule has 2 nitrogen and oxygen atoms in total. The molecule has 1 aliphatic rings. The van der Waals surface area contributed by atoms with Crippen molar-refractivity contribution in [3.63, 3.8) is 0 Å². The van der Waals surface area contributed by atoms with E-state index in [2.05, 4.69) is 10.2 Å². The number of benzene rings is 1. The van der Waals surface area contributed by atoms with Gasteiger partial charge >= 0.3 is 0 Å². The van der Waals surface area contributed by atoms with Crippen molar-refractivity contribution in [3.05, 3.63) is 35.4 Å². The Hall–Kier alpha value is -1.00. The lowest BCUT2D eigenvalue weighted by Gasteiger charge is -2.44. The third kappa shape index (κ3) is 3.51. The number of hydrogen-bond donors (Lipinski definition) is 1. The van der Waals surface area contributed by atoms with Crippen LogP contribution in [0.2, 0.25) is 0 Å². The molecule has 1 fully saturated rings. The highest BCUT2D eigenvalue weighted by Gasteiger charge is 2.37. The van der Waals surface area contributed by atoms with E-state index in [1.54, 1.807) is 0 Å². The van der Waals surface area contributed by atoms with E-state index in [1.165, 1.54) is 31.4 Å². The predicted octanol–water partition coefficient (Wildman–Crippen LogP) is 2.79. The zero-order chi connectivity index (χ0) is 13.9. The van der Waals surface area contributed by atoms with Crippen LogP contribution in [0.3, 0.4) is 0 Å². The van der Waals surface area contributed by atoms with Crippen LogP contribution in [-0.2, 0) is 6.54 Å². The molecule has 0 radical (unpaired) electrons. The van der Waals surface area contributed by atoms with E-state index in [9.17, 15) is 8.78 Å². The first-order valence-electron chi connectivity index (χ1n) is 6.82. The normalized spacial score (nSPS) is 17.5. The molecule has 1 saturated carbocycles. The third-order valence-electron chi connectivity index (χ3n) is 4.02. The summed E-state index contributed by atoms with van der Waals surface area (Å²) in [5.74, 6) is -0.706. The number of nitrogens with one attached hydrogen (secondary N) is 1. The van der Waals surface area contributed by atoms with Crippen LogP contribution in [0, 0.1) is 17.0 Å². The lowest BCUT2D eigenvalue weighted by molar-refractivity contribution is 0.0763. The monoisotopic (exact) mass is 268 g/mol. The van der Waals surface area contributed by atoms with E-state index in [0.29, 0.717) is 17.5 Å². The molecule has 1 N–H and O–H groups in total. The molecule has 0 aliphatic heterocycles. The van der Waals surface area contributed by atoms with E-state index >= 15 is 0 Å². The molecule has 1 aliphatic carbocycles. The van der Waals surface area contributed by atoms with Gasteiger partial charge in [0.25, 0.3) is 0 Å². The van der Waals surface area contributed by atoms with Gasteiger partial charge in [0, 0.05) is 25.2 Å². The molecule has 1 aromatic carbocycles. The van der Waals surface area contributed by atoms with Gasteiger partial charge in [-0.05, 0) is 50.6 Å². The van der Waals surface area contributed by atoms with Crippen molar-refractivity contribution in [2.45, 2.75) is 25.8 Å². The number of rotatable bonds is 6. The fourth-order valence-corrected chi connectivity index (χ4v) is 3.03. The van der Waals surface area contributed by atoms with E-state index in [0.717, 1.165) is 19.2 Å². The molecule has 19 heavy (non-hydrogen) atoms. The number of halogens is 2. The highest BCUT2D eigenvalue weighted by Crippen LogP contribution is 2.41. The smallest absolute Gasteiger partial charge is 0.127 e. The molecule has 0 unspecified atom stereocenters. The summed E-state index contributed by atoms with van der Waals surface area (Å²) < 4.78 is 26.7. The Morgan fingerprint density at radius 3 is 2.63 bits per heavy atom. The topological polar surface area (TPSA) is 15.3 Å². The van der Waals surface area contributed by atoms with Crippen LogP contribution in [-0.4, -0.2) is 32.1 Å². The van der Waals surface area contributed by atoms with Gasteiger partial charge < -0.3 is 10.2 Å². The molecule has 106 valence electrons. The van der Waals surface area contributed by atoms with E-state index in [1.807, 2.05) is 14.1 Å². The summed E-state index contributed by atoms with van der Waals surface area (Å²) >= 11 is 0. The van der Waals surface area contributed by atoms with Crippen LogP contribution < -0.4 is 5.32 Å². The number of hydrogen-bond acceptors (Lipinski definition) is 2. The fourth-order valence-electron chi connectivity index (χ4n) is 3.03. The zero-order valence-electron chi connectivity index (χ0n) is 11.7. The number of nitrogens with zero attached hydrogens (tertiary/aromatic N) is 1. The summed E-state index contributed by atoms with van der Waals surface area (Å²) in [6, 6.07) is 3.65. The van der Waals surface area contributed by atoms with Gasteiger partial charge in [0.1, 0.15) is 11.6 Å². The van der Waals surface area contributed by atoms with Gasteiger partial charge in [0.05, 0.1) is 0 Å². The molecular weight excluding hydrogens is 246 g/mol. The van der Waals surface area contributed by atoms with E-state index in [-0.39, 0.29) is 11.6 Å². The van der Waals surface area contributed by atoms with Gasteiger partial charge in [0.2, 0.25) is 0 Å². The van der Waals surface area contributed by atoms with Gasteiger partial charge in [-0.25, -0.2) is 8.78 Å². The maximum Gasteiger partial charge on any atom is 0.127 e. The minimum absolute atomic E-state index is 0.313. The van der Waals surface area contributed by atoms with Crippen molar-refractivity contribution in [1.29, 1.82) is 0 Å². The van der Waals surface area contributed by atoms with Gasteiger partial charge in [0.15, 0.2) is 0 Å². The average molecular weight is 268 g/mol. The van der Waals surface area contributed by atoms with Gasteiger partial charge in [-0.1, -0.05) is 6.42 Å². The SMILES string of the molecule is CNCC1(CN(C)Cc2cc(F)ccc2F)CCC1.